The molecule has 0 spiro atoms. The van der Waals surface area contributed by atoms with E-state index >= 15 is 0 Å². The zero-order chi connectivity index (χ0) is 14.1. The Hall–Kier alpha value is -0.340. The van der Waals surface area contributed by atoms with Gasteiger partial charge in [0.05, 0.1) is 18.2 Å². The molecule has 0 bridgehead atoms. The second-order valence-electron chi connectivity index (χ2n) is 5.48. The van der Waals surface area contributed by atoms with E-state index in [1.54, 1.807) is 18.0 Å². The van der Waals surface area contributed by atoms with Crippen molar-refractivity contribution in [2.75, 3.05) is 19.5 Å². The SMILES string of the molecule is CSc1ccnc(C2(N[S+]([O-])C(C)(C)C)COC2)n1. The maximum Gasteiger partial charge on any atom is 0.169 e. The Bertz CT molecular complexity index is 447. The minimum atomic E-state index is -1.18. The van der Waals surface area contributed by atoms with E-state index in [1.165, 1.54) is 0 Å². The molecule has 1 unspecified atom stereocenters. The number of aromatic nitrogens is 2. The minimum Gasteiger partial charge on any atom is -0.598 e. The van der Waals surface area contributed by atoms with E-state index in [0.717, 1.165) is 5.03 Å². The van der Waals surface area contributed by atoms with Crippen LogP contribution in [0.15, 0.2) is 17.3 Å². The van der Waals surface area contributed by atoms with Crippen molar-refractivity contribution in [1.82, 2.24) is 14.7 Å². The van der Waals surface area contributed by atoms with E-state index in [-0.39, 0.29) is 4.75 Å². The third-order valence-corrected chi connectivity index (χ3v) is 5.14. The van der Waals surface area contributed by atoms with Gasteiger partial charge in [-0.05, 0) is 33.1 Å². The highest BCUT2D eigenvalue weighted by Crippen LogP contribution is 2.30. The zero-order valence-corrected chi connectivity index (χ0v) is 13.2. The maximum absolute atomic E-state index is 12.3. The lowest BCUT2D eigenvalue weighted by molar-refractivity contribution is -0.0714. The Morgan fingerprint density at radius 1 is 1.47 bits per heavy atom. The zero-order valence-electron chi connectivity index (χ0n) is 11.6. The molecule has 0 radical (unpaired) electrons. The van der Waals surface area contributed by atoms with Crippen molar-refractivity contribution >= 4 is 23.1 Å². The van der Waals surface area contributed by atoms with Gasteiger partial charge >= 0.3 is 0 Å². The van der Waals surface area contributed by atoms with Crippen LogP contribution in [-0.2, 0) is 21.6 Å². The molecule has 1 saturated heterocycles. The molecule has 1 aromatic rings. The summed E-state index contributed by atoms with van der Waals surface area (Å²) in [6, 6.07) is 1.86. The second kappa shape index (κ2) is 5.57. The smallest absolute Gasteiger partial charge is 0.169 e. The molecule has 2 rings (SSSR count). The Morgan fingerprint density at radius 2 is 2.16 bits per heavy atom. The van der Waals surface area contributed by atoms with Gasteiger partial charge in [-0.25, -0.2) is 9.97 Å². The lowest BCUT2D eigenvalue weighted by Crippen LogP contribution is -2.62. The summed E-state index contributed by atoms with van der Waals surface area (Å²) < 4.78 is 20.4. The number of hydrogen-bond donors (Lipinski definition) is 1. The molecule has 0 amide bonds. The topological polar surface area (TPSA) is 70.1 Å². The van der Waals surface area contributed by atoms with Crippen LogP contribution in [0.2, 0.25) is 0 Å². The molecule has 0 aliphatic carbocycles. The standard InChI is InChI=1S/C12H19N3O2S2/c1-11(2,3)19(16)15-12(7-17-8-12)10-13-6-5-9(14-10)18-4/h5-6,15H,7-8H2,1-4H3. The average molecular weight is 301 g/mol. The van der Waals surface area contributed by atoms with Gasteiger partial charge in [-0.2, -0.15) is 0 Å². The lowest BCUT2D eigenvalue weighted by atomic mass is 9.98. The fraction of sp³-hybridized carbons (Fsp3) is 0.667. The summed E-state index contributed by atoms with van der Waals surface area (Å²) in [6.07, 6.45) is 3.70. The molecule has 0 saturated carbocycles. The van der Waals surface area contributed by atoms with Crippen LogP contribution in [0.5, 0.6) is 0 Å². The number of nitrogens with zero attached hydrogens (tertiary/aromatic N) is 2. The number of rotatable bonds is 4. The minimum absolute atomic E-state index is 0.334. The second-order valence-corrected chi connectivity index (χ2v) is 8.27. The summed E-state index contributed by atoms with van der Waals surface area (Å²) in [5.41, 5.74) is -0.524. The molecule has 1 atom stereocenters. The van der Waals surface area contributed by atoms with Crippen LogP contribution in [0.25, 0.3) is 0 Å². The predicted octanol–water partition coefficient (Wildman–Crippen LogP) is 1.48. The lowest BCUT2D eigenvalue weighted by Gasteiger charge is -2.41. The molecule has 7 heteroatoms. The van der Waals surface area contributed by atoms with Gasteiger partial charge in [-0.1, -0.05) is 0 Å². The first-order chi connectivity index (χ1) is 8.87. The first-order valence-electron chi connectivity index (χ1n) is 6.02. The summed E-state index contributed by atoms with van der Waals surface area (Å²) in [7, 11) is 0. The Balaban J connectivity index is 2.22. The molecule has 1 fully saturated rings. The number of nitrogens with one attached hydrogen (secondary N) is 1. The molecule has 1 aliphatic rings. The fourth-order valence-corrected chi connectivity index (χ4v) is 2.80. The third kappa shape index (κ3) is 3.22. The molecule has 5 nitrogen and oxygen atoms in total. The van der Waals surface area contributed by atoms with Crippen molar-refractivity contribution in [3.05, 3.63) is 18.1 Å². The van der Waals surface area contributed by atoms with Crippen LogP contribution >= 0.6 is 11.8 Å². The van der Waals surface area contributed by atoms with Crippen LogP contribution < -0.4 is 4.72 Å². The summed E-state index contributed by atoms with van der Waals surface area (Å²) in [6.45, 7) is 6.70. The van der Waals surface area contributed by atoms with Crippen molar-refractivity contribution in [2.45, 2.75) is 36.1 Å². The van der Waals surface area contributed by atoms with Gasteiger partial charge in [0.1, 0.15) is 4.75 Å². The molecule has 19 heavy (non-hydrogen) atoms. The largest absolute Gasteiger partial charge is 0.598 e. The normalized spacial score (nSPS) is 19.8. The van der Waals surface area contributed by atoms with E-state index in [0.29, 0.717) is 19.0 Å². The maximum atomic E-state index is 12.3. The van der Waals surface area contributed by atoms with Crippen molar-refractivity contribution in [3.63, 3.8) is 0 Å². The van der Waals surface area contributed by atoms with Crippen molar-refractivity contribution in [2.24, 2.45) is 0 Å². The monoisotopic (exact) mass is 301 g/mol. The quantitative estimate of drug-likeness (QED) is 0.516. The number of ether oxygens (including phenoxy) is 1. The van der Waals surface area contributed by atoms with Gasteiger partial charge in [-0.3, -0.25) is 0 Å². The van der Waals surface area contributed by atoms with E-state index in [1.807, 2.05) is 33.1 Å². The Labute approximate surface area is 121 Å². The molecule has 1 aliphatic heterocycles. The molecule has 106 valence electrons. The number of thioether (sulfide) groups is 1. The highest BCUT2D eigenvalue weighted by Gasteiger charge is 2.49. The molecule has 1 aromatic heterocycles. The molecule has 0 aromatic carbocycles. The van der Waals surface area contributed by atoms with Crippen LogP contribution in [-0.4, -0.2) is 38.7 Å². The molecule has 1 N–H and O–H groups in total. The van der Waals surface area contributed by atoms with Gasteiger partial charge in [0.25, 0.3) is 0 Å². The first-order valence-corrected chi connectivity index (χ1v) is 8.40. The third-order valence-electron chi connectivity index (χ3n) is 2.81. The van der Waals surface area contributed by atoms with E-state index in [2.05, 4.69) is 14.7 Å². The van der Waals surface area contributed by atoms with Crippen molar-refractivity contribution < 1.29 is 9.29 Å². The van der Waals surface area contributed by atoms with Crippen LogP contribution in [0, 0.1) is 0 Å². The summed E-state index contributed by atoms with van der Waals surface area (Å²) in [4.78, 5) is 8.81. The Kier molecular flexibility index (Phi) is 4.42. The van der Waals surface area contributed by atoms with E-state index in [4.69, 9.17) is 4.74 Å². The highest BCUT2D eigenvalue weighted by atomic mass is 32.2. The van der Waals surface area contributed by atoms with Crippen LogP contribution in [0.1, 0.15) is 26.6 Å². The van der Waals surface area contributed by atoms with E-state index < -0.39 is 16.9 Å². The van der Waals surface area contributed by atoms with Gasteiger partial charge in [0.15, 0.2) is 11.4 Å². The van der Waals surface area contributed by atoms with Crippen LogP contribution in [0.4, 0.5) is 0 Å². The van der Waals surface area contributed by atoms with Gasteiger partial charge in [0, 0.05) is 17.6 Å². The molecular weight excluding hydrogens is 282 g/mol. The summed E-state index contributed by atoms with van der Waals surface area (Å²) >= 11 is 0.381. The fourth-order valence-electron chi connectivity index (χ4n) is 1.56. The van der Waals surface area contributed by atoms with Crippen LogP contribution in [0.3, 0.4) is 0 Å². The number of hydrogen-bond acceptors (Lipinski definition) is 6. The Morgan fingerprint density at radius 3 is 2.63 bits per heavy atom. The molecule has 2 heterocycles. The predicted molar refractivity (Wildman–Crippen MR) is 77.3 cm³/mol. The highest BCUT2D eigenvalue weighted by molar-refractivity contribution is 7.98. The summed E-state index contributed by atoms with van der Waals surface area (Å²) in [5.74, 6) is 0.656. The van der Waals surface area contributed by atoms with Gasteiger partial charge in [-0.15, -0.1) is 16.5 Å². The van der Waals surface area contributed by atoms with Crippen molar-refractivity contribution in [1.29, 1.82) is 0 Å². The summed E-state index contributed by atoms with van der Waals surface area (Å²) in [5, 5.41) is 0.902. The average Bonchev–Trinajstić information content (AvgIpc) is 2.32. The van der Waals surface area contributed by atoms with Gasteiger partial charge < -0.3 is 9.29 Å². The first kappa shape index (κ1) is 15.1. The molecular formula is C12H19N3O2S2. The van der Waals surface area contributed by atoms with Crippen molar-refractivity contribution in [3.8, 4) is 0 Å². The van der Waals surface area contributed by atoms with E-state index in [9.17, 15) is 4.55 Å². The van der Waals surface area contributed by atoms with Gasteiger partial charge in [0.2, 0.25) is 0 Å².